The van der Waals surface area contributed by atoms with Gasteiger partial charge >= 0.3 is 0 Å². The molecule has 4 heterocycles. The SMILES string of the molecule is CC(=O)O.O=C(c1cnc[nH]c1=O)N1CC[C@@]23OCCCN2C(=O)C[C@@H]13. The van der Waals surface area contributed by atoms with Gasteiger partial charge in [0.2, 0.25) is 5.91 Å². The predicted octanol–water partition coefficient (Wildman–Crippen LogP) is -0.576. The van der Waals surface area contributed by atoms with Gasteiger partial charge < -0.3 is 24.6 Å². The van der Waals surface area contributed by atoms with E-state index in [1.54, 1.807) is 9.80 Å². The van der Waals surface area contributed by atoms with Crippen molar-refractivity contribution in [2.24, 2.45) is 0 Å². The number of ether oxygens (including phenoxy) is 1. The van der Waals surface area contributed by atoms with Gasteiger partial charge in [-0.25, -0.2) is 4.98 Å². The number of aliphatic carboxylic acids is 1. The van der Waals surface area contributed by atoms with Crippen molar-refractivity contribution in [3.05, 3.63) is 28.4 Å². The fourth-order valence-electron chi connectivity index (χ4n) is 3.84. The lowest BCUT2D eigenvalue weighted by atomic mass is 10.0. The molecule has 140 valence electrons. The van der Waals surface area contributed by atoms with Gasteiger partial charge in [0.05, 0.1) is 25.4 Å². The number of amides is 2. The summed E-state index contributed by atoms with van der Waals surface area (Å²) in [5, 5.41) is 7.42. The summed E-state index contributed by atoms with van der Waals surface area (Å²) in [5.41, 5.74) is -1.16. The van der Waals surface area contributed by atoms with Crippen LogP contribution in [-0.4, -0.2) is 74.1 Å². The Morgan fingerprint density at radius 3 is 2.81 bits per heavy atom. The van der Waals surface area contributed by atoms with Gasteiger partial charge in [0.15, 0.2) is 5.72 Å². The Kier molecular flexibility index (Phi) is 4.77. The number of carbonyl (C=O) groups is 3. The molecule has 1 aromatic heterocycles. The zero-order chi connectivity index (χ0) is 18.9. The van der Waals surface area contributed by atoms with Crippen LogP contribution in [0.2, 0.25) is 0 Å². The van der Waals surface area contributed by atoms with Crippen molar-refractivity contribution in [1.82, 2.24) is 19.8 Å². The summed E-state index contributed by atoms with van der Waals surface area (Å²) in [5.74, 6) is -1.21. The highest BCUT2D eigenvalue weighted by molar-refractivity contribution is 5.95. The van der Waals surface area contributed by atoms with E-state index in [2.05, 4.69) is 9.97 Å². The number of rotatable bonds is 1. The number of carbonyl (C=O) groups excluding carboxylic acids is 2. The van der Waals surface area contributed by atoms with Crippen molar-refractivity contribution in [1.29, 1.82) is 0 Å². The summed E-state index contributed by atoms with van der Waals surface area (Å²) >= 11 is 0. The van der Waals surface area contributed by atoms with E-state index >= 15 is 0 Å². The lowest BCUT2D eigenvalue weighted by Crippen LogP contribution is -2.56. The Bertz CT molecular complexity index is 789. The number of nitrogens with one attached hydrogen (secondary N) is 1. The molecule has 0 aliphatic carbocycles. The standard InChI is InChI=1S/C14H16N4O4.C2H4O2/c19-11-6-10-14(18(11)3-1-5-22-14)2-4-17(10)13(21)9-7-15-8-16-12(9)20;1-2(3)4/h7-8,10H,1-6H2,(H,15,16,20);1H3,(H,3,4)/t10-,14+;/m1./s1. The number of aromatic amines is 1. The van der Waals surface area contributed by atoms with E-state index < -0.39 is 17.3 Å². The highest BCUT2D eigenvalue weighted by Gasteiger charge is 2.61. The van der Waals surface area contributed by atoms with Crippen LogP contribution in [0.25, 0.3) is 0 Å². The Labute approximate surface area is 148 Å². The van der Waals surface area contributed by atoms with Crippen LogP contribution in [-0.2, 0) is 14.3 Å². The van der Waals surface area contributed by atoms with Crippen LogP contribution in [0.15, 0.2) is 17.3 Å². The molecule has 3 fully saturated rings. The first-order valence-electron chi connectivity index (χ1n) is 8.34. The molecule has 0 radical (unpaired) electrons. The lowest BCUT2D eigenvalue weighted by Gasteiger charge is -2.42. The molecule has 26 heavy (non-hydrogen) atoms. The molecule has 2 N–H and O–H groups in total. The molecular formula is C16H20N4O6. The van der Waals surface area contributed by atoms with Crippen molar-refractivity contribution in [2.75, 3.05) is 19.7 Å². The number of aromatic nitrogens is 2. The van der Waals surface area contributed by atoms with E-state index in [1.807, 2.05) is 0 Å². The first-order chi connectivity index (χ1) is 12.4. The highest BCUT2D eigenvalue weighted by atomic mass is 16.5. The third-order valence-corrected chi connectivity index (χ3v) is 4.82. The molecule has 4 rings (SSSR count). The summed E-state index contributed by atoms with van der Waals surface area (Å²) in [6, 6.07) is -0.326. The quantitative estimate of drug-likeness (QED) is 0.681. The number of nitrogens with zero attached hydrogens (tertiary/aromatic N) is 3. The van der Waals surface area contributed by atoms with Crippen LogP contribution in [0.1, 0.15) is 36.5 Å². The van der Waals surface area contributed by atoms with E-state index in [9.17, 15) is 14.4 Å². The van der Waals surface area contributed by atoms with Crippen molar-refractivity contribution < 1.29 is 24.2 Å². The minimum absolute atomic E-state index is 0.00117. The Morgan fingerprint density at radius 1 is 1.38 bits per heavy atom. The normalized spacial score (nSPS) is 26.7. The van der Waals surface area contributed by atoms with Crippen molar-refractivity contribution in [3.8, 4) is 0 Å². The zero-order valence-electron chi connectivity index (χ0n) is 14.3. The van der Waals surface area contributed by atoms with E-state index in [0.717, 1.165) is 13.3 Å². The number of H-pyrrole nitrogens is 1. The van der Waals surface area contributed by atoms with Crippen LogP contribution >= 0.6 is 0 Å². The van der Waals surface area contributed by atoms with Crippen LogP contribution in [0.5, 0.6) is 0 Å². The smallest absolute Gasteiger partial charge is 0.300 e. The fraction of sp³-hybridized carbons (Fsp3) is 0.562. The average molecular weight is 364 g/mol. The van der Waals surface area contributed by atoms with E-state index in [1.165, 1.54) is 12.5 Å². The molecule has 3 aliphatic rings. The molecular weight excluding hydrogens is 344 g/mol. The Balaban J connectivity index is 0.000000447. The summed E-state index contributed by atoms with van der Waals surface area (Å²) in [6.45, 7) is 2.82. The molecule has 10 nitrogen and oxygen atoms in total. The number of likely N-dealkylation sites (tertiary alicyclic amines) is 1. The van der Waals surface area contributed by atoms with Gasteiger partial charge in [-0.2, -0.15) is 0 Å². The lowest BCUT2D eigenvalue weighted by molar-refractivity contribution is -0.179. The molecule has 0 aromatic carbocycles. The number of carboxylic acids is 1. The molecule has 0 saturated carbocycles. The van der Waals surface area contributed by atoms with Crippen molar-refractivity contribution in [2.45, 2.75) is 38.0 Å². The maximum atomic E-state index is 12.7. The molecule has 1 spiro atoms. The number of hydrogen-bond donors (Lipinski definition) is 2. The van der Waals surface area contributed by atoms with Crippen LogP contribution in [0.3, 0.4) is 0 Å². The second kappa shape index (κ2) is 6.87. The minimum atomic E-state index is -0.833. The van der Waals surface area contributed by atoms with Gasteiger partial charge in [-0.3, -0.25) is 19.2 Å². The summed E-state index contributed by atoms with van der Waals surface area (Å²) in [4.78, 5) is 55.3. The molecule has 10 heteroatoms. The molecule has 3 saturated heterocycles. The maximum Gasteiger partial charge on any atom is 0.300 e. The second-order valence-electron chi connectivity index (χ2n) is 6.37. The highest BCUT2D eigenvalue weighted by Crippen LogP contribution is 2.45. The van der Waals surface area contributed by atoms with Gasteiger partial charge in [0, 0.05) is 32.6 Å². The van der Waals surface area contributed by atoms with Gasteiger partial charge in [0.1, 0.15) is 5.56 Å². The zero-order valence-corrected chi connectivity index (χ0v) is 14.3. The van der Waals surface area contributed by atoms with E-state index in [4.69, 9.17) is 14.6 Å². The topological polar surface area (TPSA) is 133 Å². The van der Waals surface area contributed by atoms with Gasteiger partial charge in [-0.15, -0.1) is 0 Å². The summed E-state index contributed by atoms with van der Waals surface area (Å²) in [6.07, 6.45) is 4.17. The van der Waals surface area contributed by atoms with Crippen molar-refractivity contribution >= 4 is 17.8 Å². The molecule has 2 atom stereocenters. The van der Waals surface area contributed by atoms with Gasteiger partial charge in [-0.1, -0.05) is 0 Å². The summed E-state index contributed by atoms with van der Waals surface area (Å²) in [7, 11) is 0. The molecule has 3 aliphatic heterocycles. The van der Waals surface area contributed by atoms with E-state index in [0.29, 0.717) is 26.1 Å². The third-order valence-electron chi connectivity index (χ3n) is 4.82. The molecule has 0 bridgehead atoms. The maximum absolute atomic E-state index is 12.7. The monoisotopic (exact) mass is 364 g/mol. The molecule has 2 amide bonds. The summed E-state index contributed by atoms with van der Waals surface area (Å²) < 4.78 is 5.94. The fourth-order valence-corrected chi connectivity index (χ4v) is 3.84. The second-order valence-corrected chi connectivity index (χ2v) is 6.37. The van der Waals surface area contributed by atoms with Crippen LogP contribution in [0.4, 0.5) is 0 Å². The molecule has 0 unspecified atom stereocenters. The predicted molar refractivity (Wildman–Crippen MR) is 87.2 cm³/mol. The van der Waals surface area contributed by atoms with Crippen LogP contribution < -0.4 is 5.56 Å². The Hall–Kier alpha value is -2.75. The average Bonchev–Trinajstić information content (AvgIpc) is 3.07. The number of carboxylic acid groups (broad SMARTS) is 1. The van der Waals surface area contributed by atoms with Crippen molar-refractivity contribution in [3.63, 3.8) is 0 Å². The third kappa shape index (κ3) is 2.96. The van der Waals surface area contributed by atoms with Gasteiger partial charge in [0.25, 0.3) is 17.4 Å². The van der Waals surface area contributed by atoms with Crippen LogP contribution in [0, 0.1) is 0 Å². The first kappa shape index (κ1) is 18.1. The minimum Gasteiger partial charge on any atom is -0.481 e. The van der Waals surface area contributed by atoms with E-state index in [-0.39, 0.29) is 29.8 Å². The largest absolute Gasteiger partial charge is 0.481 e. The van der Waals surface area contributed by atoms with Gasteiger partial charge in [-0.05, 0) is 6.42 Å². The number of hydrogen-bond acceptors (Lipinski definition) is 6. The Morgan fingerprint density at radius 2 is 2.12 bits per heavy atom. The first-order valence-corrected chi connectivity index (χ1v) is 8.34. The molecule has 1 aromatic rings.